The van der Waals surface area contributed by atoms with Crippen molar-refractivity contribution in [3.05, 3.63) is 66.0 Å². The number of halogens is 1. The molecule has 124 valence electrons. The average Bonchev–Trinajstić information content (AvgIpc) is 3.17. The second-order valence-corrected chi connectivity index (χ2v) is 5.17. The SMILES string of the molecule is COCn1ccc(C(=O)Nc2cnn(Cc3cccc(F)c3)c2)n1. The maximum atomic E-state index is 13.2. The summed E-state index contributed by atoms with van der Waals surface area (Å²) in [7, 11) is 1.55. The molecule has 7 nitrogen and oxygen atoms in total. The molecule has 3 rings (SSSR count). The van der Waals surface area contributed by atoms with Crippen LogP contribution in [0.1, 0.15) is 16.1 Å². The molecule has 0 aliphatic rings. The molecular formula is C16H16FN5O2. The van der Waals surface area contributed by atoms with E-state index >= 15 is 0 Å². The van der Waals surface area contributed by atoms with Crippen LogP contribution in [0.2, 0.25) is 0 Å². The summed E-state index contributed by atoms with van der Waals surface area (Å²) in [6.45, 7) is 0.689. The van der Waals surface area contributed by atoms with Crippen molar-refractivity contribution in [3.63, 3.8) is 0 Å². The maximum Gasteiger partial charge on any atom is 0.276 e. The third-order valence-electron chi connectivity index (χ3n) is 3.26. The van der Waals surface area contributed by atoms with Gasteiger partial charge >= 0.3 is 0 Å². The number of hydrogen-bond acceptors (Lipinski definition) is 4. The Labute approximate surface area is 137 Å². The Morgan fingerprint density at radius 1 is 1.33 bits per heavy atom. The standard InChI is InChI=1S/C16H16FN5O2/c1-24-11-21-6-5-15(20-21)16(23)19-14-8-18-22(10-14)9-12-3-2-4-13(17)7-12/h2-8,10H,9,11H2,1H3,(H,19,23). The van der Waals surface area contributed by atoms with Crippen molar-refractivity contribution in [2.45, 2.75) is 13.3 Å². The molecule has 1 amide bonds. The Hall–Kier alpha value is -3.00. The van der Waals surface area contributed by atoms with E-state index in [1.165, 1.54) is 23.0 Å². The summed E-state index contributed by atoms with van der Waals surface area (Å²) < 4.78 is 21.3. The third-order valence-corrected chi connectivity index (χ3v) is 3.26. The normalized spacial score (nSPS) is 10.8. The van der Waals surface area contributed by atoms with Gasteiger partial charge < -0.3 is 10.1 Å². The second-order valence-electron chi connectivity index (χ2n) is 5.17. The van der Waals surface area contributed by atoms with Gasteiger partial charge in [0.15, 0.2) is 5.69 Å². The van der Waals surface area contributed by atoms with Crippen LogP contribution >= 0.6 is 0 Å². The highest BCUT2D eigenvalue weighted by molar-refractivity contribution is 6.02. The molecule has 0 aliphatic heterocycles. The predicted molar refractivity (Wildman–Crippen MR) is 84.9 cm³/mol. The molecular weight excluding hydrogens is 313 g/mol. The van der Waals surface area contributed by atoms with Crippen LogP contribution in [0.4, 0.5) is 10.1 Å². The van der Waals surface area contributed by atoms with Crippen LogP contribution in [0.25, 0.3) is 0 Å². The van der Waals surface area contributed by atoms with Gasteiger partial charge in [-0.1, -0.05) is 12.1 Å². The van der Waals surface area contributed by atoms with Crippen LogP contribution in [0.5, 0.6) is 0 Å². The first-order valence-corrected chi connectivity index (χ1v) is 7.24. The first kappa shape index (κ1) is 15.9. The van der Waals surface area contributed by atoms with Gasteiger partial charge in [-0.25, -0.2) is 9.07 Å². The number of rotatable bonds is 6. The molecule has 0 radical (unpaired) electrons. The first-order valence-electron chi connectivity index (χ1n) is 7.24. The number of nitrogens with zero attached hydrogens (tertiary/aromatic N) is 4. The molecule has 0 bridgehead atoms. The van der Waals surface area contributed by atoms with Crippen molar-refractivity contribution in [2.24, 2.45) is 0 Å². The molecule has 1 N–H and O–H groups in total. The zero-order chi connectivity index (χ0) is 16.9. The predicted octanol–water partition coefficient (Wildman–Crippen LogP) is 2.12. The fraction of sp³-hybridized carbons (Fsp3) is 0.188. The van der Waals surface area contributed by atoms with E-state index in [2.05, 4.69) is 15.5 Å². The van der Waals surface area contributed by atoms with Crippen molar-refractivity contribution in [1.29, 1.82) is 0 Å². The van der Waals surface area contributed by atoms with E-state index in [4.69, 9.17) is 4.74 Å². The van der Waals surface area contributed by atoms with Gasteiger partial charge in [-0.05, 0) is 23.8 Å². The highest BCUT2D eigenvalue weighted by Gasteiger charge is 2.11. The quantitative estimate of drug-likeness (QED) is 0.752. The lowest BCUT2D eigenvalue weighted by atomic mass is 10.2. The molecule has 0 unspecified atom stereocenters. The number of carbonyl (C=O) groups excluding carboxylic acids is 1. The first-order chi connectivity index (χ1) is 11.6. The Morgan fingerprint density at radius 2 is 2.21 bits per heavy atom. The van der Waals surface area contributed by atoms with Crippen LogP contribution in [-0.2, 0) is 18.0 Å². The summed E-state index contributed by atoms with van der Waals surface area (Å²) in [6.07, 6.45) is 4.87. The summed E-state index contributed by atoms with van der Waals surface area (Å²) in [5, 5.41) is 11.0. The summed E-state index contributed by atoms with van der Waals surface area (Å²) in [5.74, 6) is -0.630. The van der Waals surface area contributed by atoms with Gasteiger partial charge in [-0.2, -0.15) is 10.2 Å². The monoisotopic (exact) mass is 329 g/mol. The number of nitrogens with one attached hydrogen (secondary N) is 1. The Balaban J connectivity index is 1.63. The zero-order valence-electron chi connectivity index (χ0n) is 13.0. The molecule has 0 saturated heterocycles. The van der Waals surface area contributed by atoms with Crippen LogP contribution in [0.15, 0.2) is 48.9 Å². The third kappa shape index (κ3) is 3.85. The minimum Gasteiger partial charge on any atom is -0.362 e. The summed E-state index contributed by atoms with van der Waals surface area (Å²) in [6, 6.07) is 7.90. The molecule has 2 heterocycles. The minimum atomic E-state index is -0.338. The fourth-order valence-electron chi connectivity index (χ4n) is 2.22. The second kappa shape index (κ2) is 7.05. The topological polar surface area (TPSA) is 74.0 Å². The van der Waals surface area contributed by atoms with Gasteiger partial charge in [-0.3, -0.25) is 9.48 Å². The highest BCUT2D eigenvalue weighted by Crippen LogP contribution is 2.10. The summed E-state index contributed by atoms with van der Waals surface area (Å²) in [5.41, 5.74) is 1.61. The van der Waals surface area contributed by atoms with Gasteiger partial charge in [0.2, 0.25) is 0 Å². The molecule has 0 atom stereocenters. The van der Waals surface area contributed by atoms with Crippen LogP contribution in [0.3, 0.4) is 0 Å². The van der Waals surface area contributed by atoms with E-state index in [0.29, 0.717) is 12.2 Å². The van der Waals surface area contributed by atoms with E-state index in [-0.39, 0.29) is 24.1 Å². The van der Waals surface area contributed by atoms with E-state index in [1.807, 2.05) is 6.07 Å². The molecule has 0 saturated carbocycles. The smallest absolute Gasteiger partial charge is 0.276 e. The van der Waals surface area contributed by atoms with E-state index in [9.17, 15) is 9.18 Å². The fourth-order valence-corrected chi connectivity index (χ4v) is 2.22. The molecule has 2 aromatic heterocycles. The number of carbonyl (C=O) groups is 1. The van der Waals surface area contributed by atoms with E-state index in [0.717, 1.165) is 5.56 Å². The number of aromatic nitrogens is 4. The van der Waals surface area contributed by atoms with Gasteiger partial charge in [0.05, 0.1) is 18.4 Å². The van der Waals surface area contributed by atoms with Gasteiger partial charge in [0.1, 0.15) is 12.5 Å². The molecule has 0 spiro atoms. The maximum absolute atomic E-state index is 13.2. The van der Waals surface area contributed by atoms with Crippen LogP contribution < -0.4 is 5.32 Å². The average molecular weight is 329 g/mol. The number of methoxy groups -OCH3 is 1. The lowest BCUT2D eigenvalue weighted by Crippen LogP contribution is -2.13. The molecule has 0 fully saturated rings. The number of hydrogen-bond donors (Lipinski definition) is 1. The van der Waals surface area contributed by atoms with Crippen molar-refractivity contribution in [2.75, 3.05) is 12.4 Å². The minimum absolute atomic E-state index is 0.277. The van der Waals surface area contributed by atoms with Gasteiger partial charge in [0.25, 0.3) is 5.91 Å². The summed E-state index contributed by atoms with van der Waals surface area (Å²) in [4.78, 5) is 12.1. The molecule has 8 heteroatoms. The van der Waals surface area contributed by atoms with Crippen molar-refractivity contribution in [1.82, 2.24) is 19.6 Å². The molecule has 0 aliphatic carbocycles. The zero-order valence-corrected chi connectivity index (χ0v) is 13.0. The Kier molecular flexibility index (Phi) is 4.66. The van der Waals surface area contributed by atoms with E-state index < -0.39 is 0 Å². The largest absolute Gasteiger partial charge is 0.362 e. The number of benzene rings is 1. The lowest BCUT2D eigenvalue weighted by molar-refractivity contribution is 0.101. The van der Waals surface area contributed by atoms with Crippen molar-refractivity contribution >= 4 is 11.6 Å². The molecule has 24 heavy (non-hydrogen) atoms. The van der Waals surface area contributed by atoms with E-state index in [1.54, 1.807) is 36.3 Å². The molecule has 3 aromatic rings. The highest BCUT2D eigenvalue weighted by atomic mass is 19.1. The van der Waals surface area contributed by atoms with Gasteiger partial charge in [-0.15, -0.1) is 0 Å². The Morgan fingerprint density at radius 3 is 3.00 bits per heavy atom. The van der Waals surface area contributed by atoms with Crippen LogP contribution in [-0.4, -0.2) is 32.6 Å². The molecule has 1 aromatic carbocycles. The summed E-state index contributed by atoms with van der Waals surface area (Å²) >= 11 is 0. The number of amides is 1. The van der Waals surface area contributed by atoms with Gasteiger partial charge in [0, 0.05) is 19.5 Å². The van der Waals surface area contributed by atoms with Crippen molar-refractivity contribution < 1.29 is 13.9 Å². The number of anilines is 1. The number of ether oxygens (including phenoxy) is 1. The lowest BCUT2D eigenvalue weighted by Gasteiger charge is -2.02. The Bertz CT molecular complexity index is 842. The van der Waals surface area contributed by atoms with Crippen molar-refractivity contribution in [3.8, 4) is 0 Å². The van der Waals surface area contributed by atoms with Crippen LogP contribution in [0, 0.1) is 5.82 Å².